The third-order valence-electron chi connectivity index (χ3n) is 5.11. The maximum Gasteiger partial charge on any atom is 0.229 e. The quantitative estimate of drug-likeness (QED) is 0.863. The Kier molecular flexibility index (Phi) is 3.74. The molecule has 118 valence electrons. The van der Waals surface area contributed by atoms with Crippen LogP contribution in [0.4, 0.5) is 0 Å². The normalized spacial score (nSPS) is 30.4. The lowest BCUT2D eigenvalue weighted by molar-refractivity contribution is -0.137. The van der Waals surface area contributed by atoms with E-state index in [0.717, 1.165) is 37.2 Å². The first-order valence-electron chi connectivity index (χ1n) is 8.15. The highest BCUT2D eigenvalue weighted by atomic mass is 35.5. The number of benzene rings is 1. The van der Waals surface area contributed by atoms with E-state index in [0.29, 0.717) is 23.7 Å². The van der Waals surface area contributed by atoms with E-state index in [1.807, 2.05) is 23.1 Å². The van der Waals surface area contributed by atoms with E-state index >= 15 is 0 Å². The molecule has 2 saturated heterocycles. The number of ether oxygens (including phenoxy) is 1. The van der Waals surface area contributed by atoms with Gasteiger partial charge in [0, 0.05) is 30.2 Å². The molecule has 0 spiro atoms. The van der Waals surface area contributed by atoms with Gasteiger partial charge in [0.05, 0.1) is 5.92 Å². The molecule has 22 heavy (non-hydrogen) atoms. The van der Waals surface area contributed by atoms with Gasteiger partial charge in [0.1, 0.15) is 12.4 Å². The average molecular weight is 321 g/mol. The van der Waals surface area contributed by atoms with Crippen molar-refractivity contribution in [2.24, 2.45) is 5.92 Å². The second kappa shape index (κ2) is 5.74. The van der Waals surface area contributed by atoms with E-state index in [4.69, 9.17) is 16.3 Å². The number of fused-ring (bicyclic) bond motifs is 3. The lowest BCUT2D eigenvalue weighted by atomic mass is 9.95. The minimum absolute atomic E-state index is 0.0809. The number of rotatable bonds is 1. The predicted octanol–water partition coefficient (Wildman–Crippen LogP) is 2.24. The molecule has 0 aromatic heterocycles. The zero-order chi connectivity index (χ0) is 15.1. The molecule has 0 aliphatic carbocycles. The molecule has 4 rings (SSSR count). The van der Waals surface area contributed by atoms with Gasteiger partial charge >= 0.3 is 0 Å². The van der Waals surface area contributed by atoms with Gasteiger partial charge in [-0.2, -0.15) is 0 Å². The Labute approximate surface area is 135 Å². The molecule has 5 heteroatoms. The molecule has 1 N–H and O–H groups in total. The van der Waals surface area contributed by atoms with E-state index < -0.39 is 0 Å². The molecular formula is C17H21ClN2O2. The van der Waals surface area contributed by atoms with Crippen LogP contribution < -0.4 is 10.1 Å². The Morgan fingerprint density at radius 2 is 2.14 bits per heavy atom. The molecule has 2 bridgehead atoms. The molecular weight excluding hydrogens is 300 g/mol. The summed E-state index contributed by atoms with van der Waals surface area (Å²) in [4.78, 5) is 14.9. The highest BCUT2D eigenvalue weighted by Crippen LogP contribution is 2.31. The fourth-order valence-corrected chi connectivity index (χ4v) is 4.12. The molecule has 1 aromatic rings. The van der Waals surface area contributed by atoms with Crippen molar-refractivity contribution in [1.82, 2.24) is 10.2 Å². The van der Waals surface area contributed by atoms with Crippen molar-refractivity contribution < 1.29 is 9.53 Å². The monoisotopic (exact) mass is 320 g/mol. The van der Waals surface area contributed by atoms with Gasteiger partial charge in [-0.25, -0.2) is 0 Å². The smallest absolute Gasteiger partial charge is 0.229 e. The first-order valence-corrected chi connectivity index (χ1v) is 8.53. The van der Waals surface area contributed by atoms with Crippen LogP contribution in [-0.2, 0) is 11.2 Å². The van der Waals surface area contributed by atoms with Crippen molar-refractivity contribution in [3.8, 4) is 5.75 Å². The molecule has 0 saturated carbocycles. The SMILES string of the molecule is O=C(C1COc2ccc(Cl)cc2C1)N1CCC2CCC(C1)N2. The Balaban J connectivity index is 1.47. The molecule has 1 aromatic carbocycles. The molecule has 4 nitrogen and oxygen atoms in total. The number of carbonyl (C=O) groups excluding carboxylic acids is 1. The summed E-state index contributed by atoms with van der Waals surface area (Å²) in [5.74, 6) is 1.02. The van der Waals surface area contributed by atoms with Gasteiger partial charge in [0.25, 0.3) is 0 Å². The van der Waals surface area contributed by atoms with Gasteiger partial charge in [0.2, 0.25) is 5.91 Å². The van der Waals surface area contributed by atoms with Gasteiger partial charge in [-0.05, 0) is 49.4 Å². The molecule has 3 aliphatic heterocycles. The third kappa shape index (κ3) is 2.70. The predicted molar refractivity (Wildman–Crippen MR) is 85.3 cm³/mol. The minimum atomic E-state index is -0.0809. The lowest BCUT2D eigenvalue weighted by Crippen LogP contribution is -2.44. The summed E-state index contributed by atoms with van der Waals surface area (Å²) >= 11 is 6.06. The highest BCUT2D eigenvalue weighted by molar-refractivity contribution is 6.30. The van der Waals surface area contributed by atoms with E-state index in [1.54, 1.807) is 0 Å². The summed E-state index contributed by atoms with van der Waals surface area (Å²) in [5.41, 5.74) is 1.05. The number of carbonyl (C=O) groups is 1. The maximum atomic E-state index is 12.9. The van der Waals surface area contributed by atoms with E-state index in [-0.39, 0.29) is 11.8 Å². The molecule has 3 aliphatic rings. The number of hydrogen-bond donors (Lipinski definition) is 1. The largest absolute Gasteiger partial charge is 0.492 e. The summed E-state index contributed by atoms with van der Waals surface area (Å²) in [6.45, 7) is 2.19. The van der Waals surface area contributed by atoms with Crippen LogP contribution in [0.3, 0.4) is 0 Å². The van der Waals surface area contributed by atoms with Crippen LogP contribution in [0.2, 0.25) is 5.02 Å². The standard InChI is InChI=1S/C17H21ClN2O2/c18-13-1-4-16-11(8-13)7-12(10-22-16)17(21)20-6-5-14-2-3-15(9-20)19-14/h1,4,8,12,14-15,19H,2-3,5-7,9-10H2. The van der Waals surface area contributed by atoms with Crippen LogP contribution in [0.15, 0.2) is 18.2 Å². The van der Waals surface area contributed by atoms with Crippen molar-refractivity contribution in [1.29, 1.82) is 0 Å². The molecule has 3 heterocycles. The zero-order valence-corrected chi connectivity index (χ0v) is 13.3. The van der Waals surface area contributed by atoms with Crippen molar-refractivity contribution in [3.63, 3.8) is 0 Å². The van der Waals surface area contributed by atoms with Gasteiger partial charge in [-0.15, -0.1) is 0 Å². The molecule has 3 unspecified atom stereocenters. The Morgan fingerprint density at radius 1 is 1.27 bits per heavy atom. The number of hydrogen-bond acceptors (Lipinski definition) is 3. The van der Waals surface area contributed by atoms with Crippen LogP contribution in [0.5, 0.6) is 5.75 Å². The van der Waals surface area contributed by atoms with E-state index in [9.17, 15) is 4.79 Å². The first-order chi connectivity index (χ1) is 10.7. The van der Waals surface area contributed by atoms with Crippen molar-refractivity contribution >= 4 is 17.5 Å². The van der Waals surface area contributed by atoms with Gasteiger partial charge in [-0.1, -0.05) is 11.6 Å². The summed E-state index contributed by atoms with van der Waals surface area (Å²) in [6.07, 6.45) is 4.24. The Morgan fingerprint density at radius 3 is 3.05 bits per heavy atom. The van der Waals surface area contributed by atoms with E-state index in [1.165, 1.54) is 12.8 Å². The fraction of sp³-hybridized carbons (Fsp3) is 0.588. The third-order valence-corrected chi connectivity index (χ3v) is 5.35. The highest BCUT2D eigenvalue weighted by Gasteiger charge is 2.35. The zero-order valence-electron chi connectivity index (χ0n) is 12.6. The van der Waals surface area contributed by atoms with Crippen molar-refractivity contribution in [3.05, 3.63) is 28.8 Å². The molecule has 2 fully saturated rings. The average Bonchev–Trinajstić information content (AvgIpc) is 2.85. The number of nitrogens with zero attached hydrogens (tertiary/aromatic N) is 1. The number of halogens is 1. The van der Waals surface area contributed by atoms with Gasteiger partial charge < -0.3 is 15.0 Å². The maximum absolute atomic E-state index is 12.9. The second-order valence-electron chi connectivity index (χ2n) is 6.67. The van der Waals surface area contributed by atoms with Crippen LogP contribution in [0.25, 0.3) is 0 Å². The fourth-order valence-electron chi connectivity index (χ4n) is 3.92. The van der Waals surface area contributed by atoms with Crippen LogP contribution in [-0.4, -0.2) is 42.6 Å². The van der Waals surface area contributed by atoms with Crippen LogP contribution >= 0.6 is 11.6 Å². The number of amides is 1. The van der Waals surface area contributed by atoms with Crippen molar-refractivity contribution in [2.45, 2.75) is 37.8 Å². The second-order valence-corrected chi connectivity index (χ2v) is 7.11. The molecule has 0 radical (unpaired) electrons. The van der Waals surface area contributed by atoms with Gasteiger partial charge in [-0.3, -0.25) is 4.79 Å². The summed E-state index contributed by atoms with van der Waals surface area (Å²) in [7, 11) is 0. The Hall–Kier alpha value is -1.26. The summed E-state index contributed by atoms with van der Waals surface area (Å²) in [5, 5.41) is 4.32. The van der Waals surface area contributed by atoms with Gasteiger partial charge in [0.15, 0.2) is 0 Å². The Bertz CT molecular complexity index is 592. The van der Waals surface area contributed by atoms with Crippen molar-refractivity contribution in [2.75, 3.05) is 19.7 Å². The summed E-state index contributed by atoms with van der Waals surface area (Å²) < 4.78 is 5.77. The molecule has 1 amide bonds. The number of likely N-dealkylation sites (tertiary alicyclic amines) is 1. The summed E-state index contributed by atoms with van der Waals surface area (Å²) in [6, 6.07) is 6.72. The van der Waals surface area contributed by atoms with Crippen LogP contribution in [0.1, 0.15) is 24.8 Å². The lowest BCUT2D eigenvalue weighted by Gasteiger charge is -2.31. The first kappa shape index (κ1) is 14.3. The van der Waals surface area contributed by atoms with E-state index in [2.05, 4.69) is 5.32 Å². The number of nitrogens with one attached hydrogen (secondary N) is 1. The van der Waals surface area contributed by atoms with Crippen LogP contribution in [0, 0.1) is 5.92 Å². The molecule has 3 atom stereocenters. The minimum Gasteiger partial charge on any atom is -0.492 e. The topological polar surface area (TPSA) is 41.6 Å².